The number of hydrogen-bond donors (Lipinski definition) is 0. The highest BCUT2D eigenvalue weighted by Crippen LogP contribution is 2.45. The van der Waals surface area contributed by atoms with Crippen LogP contribution >= 0.6 is 0 Å². The second kappa shape index (κ2) is 9.70. The van der Waals surface area contributed by atoms with Gasteiger partial charge in [-0.1, -0.05) is 123 Å². The van der Waals surface area contributed by atoms with Crippen molar-refractivity contribution in [1.29, 1.82) is 0 Å². The summed E-state index contributed by atoms with van der Waals surface area (Å²) in [7, 11) is 0. The van der Waals surface area contributed by atoms with Crippen LogP contribution in [0, 0.1) is 0 Å². The molecule has 8 aromatic rings. The van der Waals surface area contributed by atoms with Crippen molar-refractivity contribution in [1.82, 2.24) is 9.13 Å². The largest absolute Gasteiger partial charge is 0.309 e. The van der Waals surface area contributed by atoms with E-state index in [-0.39, 0.29) is 5.41 Å². The smallest absolute Gasteiger partial charge is 0.0541 e. The monoisotopic (exact) mass is 602 g/mol. The molecule has 1 aliphatic heterocycles. The molecule has 2 nitrogen and oxygen atoms in total. The molecule has 47 heavy (non-hydrogen) atoms. The molecule has 224 valence electrons. The van der Waals surface area contributed by atoms with Gasteiger partial charge in [0.2, 0.25) is 0 Å². The highest BCUT2D eigenvalue weighted by atomic mass is 15.0. The van der Waals surface area contributed by atoms with Gasteiger partial charge in [-0.25, -0.2) is 0 Å². The Labute approximate surface area is 274 Å². The number of fused-ring (bicyclic) bond motifs is 8. The summed E-state index contributed by atoms with van der Waals surface area (Å²) in [6.45, 7) is 4.84. The first-order chi connectivity index (χ1) is 23.1. The van der Waals surface area contributed by atoms with E-state index in [0.717, 1.165) is 6.42 Å². The van der Waals surface area contributed by atoms with Crippen LogP contribution in [0.1, 0.15) is 37.3 Å². The average Bonchev–Trinajstić information content (AvgIpc) is 3.64. The molecule has 1 unspecified atom stereocenters. The molecule has 0 N–H and O–H groups in total. The maximum atomic E-state index is 2.55. The summed E-state index contributed by atoms with van der Waals surface area (Å²) >= 11 is 0. The molecule has 3 heterocycles. The molecule has 2 heteroatoms. The minimum Gasteiger partial charge on any atom is -0.309 e. The van der Waals surface area contributed by atoms with E-state index in [4.69, 9.17) is 0 Å². The zero-order valence-corrected chi connectivity index (χ0v) is 26.6. The minimum atomic E-state index is -0.0531. The summed E-state index contributed by atoms with van der Waals surface area (Å²) in [6.07, 6.45) is 3.58. The molecule has 10 rings (SSSR count). The number of para-hydroxylation sites is 3. The summed E-state index contributed by atoms with van der Waals surface area (Å²) in [5.41, 5.74) is 13.0. The summed E-state index contributed by atoms with van der Waals surface area (Å²) in [5, 5.41) is 6.68. The fourth-order valence-corrected chi connectivity index (χ4v) is 8.62. The molecule has 0 bridgehead atoms. The van der Waals surface area contributed by atoms with Crippen molar-refractivity contribution in [2.24, 2.45) is 0 Å². The molecule has 0 amide bonds. The van der Waals surface area contributed by atoms with Crippen LogP contribution in [0.2, 0.25) is 0 Å². The molecule has 1 aliphatic carbocycles. The van der Waals surface area contributed by atoms with E-state index < -0.39 is 0 Å². The van der Waals surface area contributed by atoms with Crippen LogP contribution in [0.4, 0.5) is 0 Å². The molecule has 6 aromatic carbocycles. The van der Waals surface area contributed by atoms with E-state index in [1.54, 1.807) is 0 Å². The Kier molecular flexibility index (Phi) is 5.49. The predicted molar refractivity (Wildman–Crippen MR) is 197 cm³/mol. The summed E-state index contributed by atoms with van der Waals surface area (Å²) < 4.78 is 4.94. The van der Waals surface area contributed by atoms with Crippen LogP contribution in [-0.4, -0.2) is 9.13 Å². The van der Waals surface area contributed by atoms with Gasteiger partial charge in [0, 0.05) is 38.4 Å². The van der Waals surface area contributed by atoms with Gasteiger partial charge in [-0.2, -0.15) is 0 Å². The van der Waals surface area contributed by atoms with Crippen molar-refractivity contribution >= 4 is 44.4 Å². The Bertz CT molecular complexity index is 2610. The molecule has 0 fully saturated rings. The lowest BCUT2D eigenvalue weighted by Crippen LogP contribution is -2.44. The molecule has 2 aliphatic rings. The highest BCUT2D eigenvalue weighted by Gasteiger charge is 2.37. The van der Waals surface area contributed by atoms with Gasteiger partial charge in [0.05, 0.1) is 27.6 Å². The fraction of sp³-hybridized carbons (Fsp3) is 0.111. The van der Waals surface area contributed by atoms with E-state index in [9.17, 15) is 0 Å². The van der Waals surface area contributed by atoms with Crippen LogP contribution in [0.5, 0.6) is 0 Å². The first-order valence-electron chi connectivity index (χ1n) is 16.7. The van der Waals surface area contributed by atoms with Gasteiger partial charge >= 0.3 is 0 Å². The van der Waals surface area contributed by atoms with E-state index in [1.165, 1.54) is 82.5 Å². The molecule has 2 aromatic heterocycles. The topological polar surface area (TPSA) is 9.86 Å². The van der Waals surface area contributed by atoms with Gasteiger partial charge in [-0.05, 0) is 76.7 Å². The zero-order valence-electron chi connectivity index (χ0n) is 26.6. The maximum absolute atomic E-state index is 2.55. The quantitative estimate of drug-likeness (QED) is 0.191. The maximum Gasteiger partial charge on any atom is 0.0541 e. The molecular formula is C45H34N2. The Hall–Kier alpha value is -5.60. The third-order valence-electron chi connectivity index (χ3n) is 10.9. The summed E-state index contributed by atoms with van der Waals surface area (Å²) in [6, 6.07) is 53.7. The second-order valence-corrected chi connectivity index (χ2v) is 13.8. The number of nitrogens with zero attached hydrogens (tertiary/aromatic N) is 2. The number of hydrogen-bond acceptors (Lipinski definition) is 0. The lowest BCUT2D eigenvalue weighted by atomic mass is 9.70. The van der Waals surface area contributed by atoms with Gasteiger partial charge in [0.1, 0.15) is 0 Å². The lowest BCUT2D eigenvalue weighted by Gasteiger charge is -2.37. The van der Waals surface area contributed by atoms with Gasteiger partial charge in [-0.3, -0.25) is 0 Å². The van der Waals surface area contributed by atoms with E-state index >= 15 is 0 Å². The Morgan fingerprint density at radius 3 is 1.91 bits per heavy atom. The summed E-state index contributed by atoms with van der Waals surface area (Å²) in [4.78, 5) is 0. The molecule has 0 saturated carbocycles. The van der Waals surface area contributed by atoms with Crippen molar-refractivity contribution in [3.05, 3.63) is 167 Å². The van der Waals surface area contributed by atoms with E-state index in [1.807, 2.05) is 0 Å². The van der Waals surface area contributed by atoms with Crippen molar-refractivity contribution in [2.75, 3.05) is 0 Å². The second-order valence-electron chi connectivity index (χ2n) is 13.8. The normalized spacial score (nSPS) is 16.3. The van der Waals surface area contributed by atoms with Crippen LogP contribution in [0.25, 0.3) is 66.9 Å². The average molecular weight is 603 g/mol. The number of rotatable bonds is 3. The molecule has 0 saturated heterocycles. The van der Waals surface area contributed by atoms with Crippen molar-refractivity contribution < 1.29 is 0 Å². The Balaban J connectivity index is 1.17. The van der Waals surface area contributed by atoms with Gasteiger partial charge in [-0.15, -0.1) is 0 Å². The Morgan fingerprint density at radius 1 is 0.553 bits per heavy atom. The van der Waals surface area contributed by atoms with Crippen molar-refractivity contribution in [3.8, 4) is 22.5 Å². The van der Waals surface area contributed by atoms with Gasteiger partial charge < -0.3 is 9.13 Å². The third kappa shape index (κ3) is 3.73. The first kappa shape index (κ1) is 26.6. The van der Waals surface area contributed by atoms with Crippen LogP contribution < -0.4 is 10.6 Å². The molecular weight excluding hydrogens is 569 g/mol. The lowest BCUT2D eigenvalue weighted by molar-refractivity contribution is 0.623. The van der Waals surface area contributed by atoms with Crippen molar-refractivity contribution in [2.45, 2.75) is 31.6 Å². The standard InChI is InChI=1S/C45H34N2/c1-45(2)38-16-8-11-19-43(38)47-42-25-22-31(26-36(42)37-27-32(28-39(45)44(37)47)29-12-4-3-5-13-29)30-20-23-33(24-21-30)46-40-17-9-6-14-34(40)35-15-7-10-18-41(35)46/h3-27,32H,28H2,1-2H3. The van der Waals surface area contributed by atoms with Crippen LogP contribution in [0.15, 0.2) is 146 Å². The van der Waals surface area contributed by atoms with Gasteiger partial charge in [0.25, 0.3) is 0 Å². The molecule has 0 spiro atoms. The summed E-state index contributed by atoms with van der Waals surface area (Å²) in [5.74, 6) is 0.344. The van der Waals surface area contributed by atoms with Crippen LogP contribution in [-0.2, 0) is 5.41 Å². The zero-order chi connectivity index (χ0) is 31.3. The SMILES string of the molecule is CC1(C)C2=c3c(c4cc(-c5ccc(-n6c7ccccc7c7ccccc76)cc5)ccc4n3-c3ccccc31)=CC(c1ccccc1)C2. The van der Waals surface area contributed by atoms with E-state index in [0.29, 0.717) is 5.92 Å². The Morgan fingerprint density at radius 2 is 1.17 bits per heavy atom. The first-order valence-corrected chi connectivity index (χ1v) is 16.7. The number of benzene rings is 6. The van der Waals surface area contributed by atoms with E-state index in [2.05, 4.69) is 175 Å². The third-order valence-corrected chi connectivity index (χ3v) is 10.9. The molecule has 0 radical (unpaired) electrons. The van der Waals surface area contributed by atoms with Crippen molar-refractivity contribution in [3.63, 3.8) is 0 Å². The number of aromatic nitrogens is 2. The fourth-order valence-electron chi connectivity index (χ4n) is 8.62. The van der Waals surface area contributed by atoms with Crippen LogP contribution in [0.3, 0.4) is 0 Å². The van der Waals surface area contributed by atoms with Gasteiger partial charge in [0.15, 0.2) is 0 Å². The minimum absolute atomic E-state index is 0.0531. The molecule has 1 atom stereocenters. The highest BCUT2D eigenvalue weighted by molar-refractivity contribution is 6.09. The predicted octanol–water partition coefficient (Wildman–Crippen LogP) is 9.80.